The zero-order valence-electron chi connectivity index (χ0n) is 19.3. The Labute approximate surface area is 201 Å². The molecule has 180 valence electrons. The average Bonchev–Trinajstić information content (AvgIpc) is 3.27. The molecule has 4 rings (SSSR count). The Hall–Kier alpha value is -3.01. The first kappa shape index (κ1) is 24.1. The number of hydrogen-bond acceptors (Lipinski definition) is 5. The van der Waals surface area contributed by atoms with Crippen molar-refractivity contribution in [3.8, 4) is 0 Å². The van der Waals surface area contributed by atoms with E-state index in [0.717, 1.165) is 0 Å². The van der Waals surface area contributed by atoms with Crippen LogP contribution >= 0.6 is 11.8 Å². The first-order valence-corrected chi connectivity index (χ1v) is 12.1. The Morgan fingerprint density at radius 1 is 1.24 bits per heavy atom. The van der Waals surface area contributed by atoms with Gasteiger partial charge in [0.05, 0.1) is 29.3 Å². The summed E-state index contributed by atoms with van der Waals surface area (Å²) in [6.45, 7) is 5.91. The zero-order chi connectivity index (χ0) is 24.5. The summed E-state index contributed by atoms with van der Waals surface area (Å²) < 4.78 is 28.4. The molecular formula is C24H27F2N5O2S. The number of hydrogen-bond donors (Lipinski definition) is 2. The summed E-state index contributed by atoms with van der Waals surface area (Å²) >= 11 is 1.45. The van der Waals surface area contributed by atoms with Gasteiger partial charge in [0.25, 0.3) is 5.91 Å². The molecule has 2 aromatic rings. The van der Waals surface area contributed by atoms with E-state index >= 15 is 0 Å². The lowest BCUT2D eigenvalue weighted by atomic mass is 9.79. The maximum Gasteiger partial charge on any atom is 0.253 e. The third kappa shape index (κ3) is 5.72. The van der Waals surface area contributed by atoms with Crippen molar-refractivity contribution in [2.45, 2.75) is 51.0 Å². The van der Waals surface area contributed by atoms with Gasteiger partial charge in [0, 0.05) is 42.4 Å². The molecule has 0 bridgehead atoms. The maximum atomic E-state index is 13.2. The molecule has 2 aromatic heterocycles. The molecule has 34 heavy (non-hydrogen) atoms. The molecule has 7 nitrogen and oxygen atoms in total. The van der Waals surface area contributed by atoms with Gasteiger partial charge in [-0.25, -0.2) is 13.8 Å². The summed E-state index contributed by atoms with van der Waals surface area (Å²) in [5.74, 6) is -2.67. The Balaban J connectivity index is 1.33. The van der Waals surface area contributed by atoms with Crippen molar-refractivity contribution in [1.29, 1.82) is 0 Å². The van der Waals surface area contributed by atoms with Gasteiger partial charge in [0.1, 0.15) is 5.84 Å². The van der Waals surface area contributed by atoms with Crippen LogP contribution in [0.25, 0.3) is 5.70 Å². The van der Waals surface area contributed by atoms with E-state index in [-0.39, 0.29) is 42.7 Å². The number of carbonyl (C=O) groups is 2. The molecule has 0 spiro atoms. The number of amides is 2. The molecule has 10 heteroatoms. The third-order valence-corrected chi connectivity index (χ3v) is 6.46. The average molecular weight is 488 g/mol. The first-order valence-electron chi connectivity index (χ1n) is 11.0. The smallest absolute Gasteiger partial charge is 0.253 e. The molecule has 0 unspecified atom stereocenters. The van der Waals surface area contributed by atoms with Gasteiger partial charge in [-0.1, -0.05) is 6.07 Å². The van der Waals surface area contributed by atoms with Crippen LogP contribution in [0.5, 0.6) is 0 Å². The largest absolute Gasteiger partial charge is 0.348 e. The standard InChI is InChI=1S/C24H27F2N5O2S/c1-23(2,3)31-8-7-15(12-31)22(33)27-11-21(32)30-20-14-34-13-19(29-20)18-6-4-5-17(28-18)16-9-24(25,26)10-16/h4-8,12-13,16H,9-11,14H2,1-3H3,(H,27,33)(H,29,30,32). The number of rotatable bonds is 5. The van der Waals surface area contributed by atoms with E-state index in [1.807, 2.05) is 36.9 Å². The van der Waals surface area contributed by atoms with Crippen molar-refractivity contribution in [3.05, 3.63) is 59.0 Å². The molecular weight excluding hydrogens is 460 g/mol. The second-order valence-corrected chi connectivity index (χ2v) is 10.3. The van der Waals surface area contributed by atoms with Crippen molar-refractivity contribution < 1.29 is 18.4 Å². The van der Waals surface area contributed by atoms with E-state index < -0.39 is 5.92 Å². The van der Waals surface area contributed by atoms with Crippen LogP contribution in [0.2, 0.25) is 0 Å². The predicted molar refractivity (Wildman–Crippen MR) is 129 cm³/mol. The number of pyridine rings is 1. The lowest BCUT2D eigenvalue weighted by Crippen LogP contribution is -2.41. The molecule has 3 heterocycles. The number of aliphatic imine (C=N–C) groups is 1. The summed E-state index contributed by atoms with van der Waals surface area (Å²) in [6, 6.07) is 7.02. The van der Waals surface area contributed by atoms with Crippen molar-refractivity contribution in [1.82, 2.24) is 20.2 Å². The normalized spacial score (nSPS) is 17.9. The molecule has 2 N–H and O–H groups in total. The van der Waals surface area contributed by atoms with E-state index in [9.17, 15) is 18.4 Å². The summed E-state index contributed by atoms with van der Waals surface area (Å²) in [7, 11) is 0. The number of nitrogens with one attached hydrogen (secondary N) is 2. The summed E-state index contributed by atoms with van der Waals surface area (Å²) in [5.41, 5.74) is 2.10. The first-order chi connectivity index (χ1) is 16.0. The van der Waals surface area contributed by atoms with Gasteiger partial charge in [-0.05, 0) is 44.4 Å². The van der Waals surface area contributed by atoms with Gasteiger partial charge in [0.2, 0.25) is 11.8 Å². The van der Waals surface area contributed by atoms with Crippen molar-refractivity contribution >= 4 is 35.1 Å². The molecule has 1 saturated carbocycles. The van der Waals surface area contributed by atoms with Crippen LogP contribution in [0.3, 0.4) is 0 Å². The third-order valence-electron chi connectivity index (χ3n) is 5.63. The fraction of sp³-hybridized carbons (Fsp3) is 0.417. The number of carbonyl (C=O) groups excluding carboxylic acids is 2. The van der Waals surface area contributed by atoms with Gasteiger partial charge in [0.15, 0.2) is 0 Å². The van der Waals surface area contributed by atoms with Crippen LogP contribution in [0.4, 0.5) is 8.78 Å². The molecule has 0 aromatic carbocycles. The number of thioether (sulfide) groups is 1. The molecule has 2 amide bonds. The van der Waals surface area contributed by atoms with Gasteiger partial charge >= 0.3 is 0 Å². The molecule has 0 radical (unpaired) electrons. The highest BCUT2D eigenvalue weighted by Crippen LogP contribution is 2.47. The van der Waals surface area contributed by atoms with Crippen molar-refractivity contribution in [2.75, 3.05) is 12.3 Å². The number of alkyl halides is 2. The van der Waals surface area contributed by atoms with Crippen LogP contribution in [-0.2, 0) is 10.3 Å². The number of aromatic nitrogens is 2. The fourth-order valence-corrected chi connectivity index (χ4v) is 4.40. The minimum Gasteiger partial charge on any atom is -0.348 e. The highest BCUT2D eigenvalue weighted by molar-refractivity contribution is 8.03. The highest BCUT2D eigenvalue weighted by atomic mass is 32.2. The van der Waals surface area contributed by atoms with E-state index in [1.165, 1.54) is 11.8 Å². The summed E-state index contributed by atoms with van der Waals surface area (Å²) in [5, 5.41) is 7.18. The van der Waals surface area contributed by atoms with E-state index in [2.05, 4.69) is 20.6 Å². The van der Waals surface area contributed by atoms with Crippen molar-refractivity contribution in [2.24, 2.45) is 4.99 Å². The van der Waals surface area contributed by atoms with E-state index in [1.54, 1.807) is 30.5 Å². The van der Waals surface area contributed by atoms with Gasteiger partial charge in [-0.3, -0.25) is 14.6 Å². The number of halogens is 2. The SMILES string of the molecule is CC(C)(C)n1ccc(C(=O)NCC(=O)NC2=NC(c3cccc(C4CC(F)(F)C4)n3)=CSC2)c1. The van der Waals surface area contributed by atoms with Gasteiger partial charge in [-0.2, -0.15) is 0 Å². The quantitative estimate of drug-likeness (QED) is 0.664. The molecule has 1 aliphatic heterocycles. The minimum absolute atomic E-state index is 0.144. The minimum atomic E-state index is -2.61. The van der Waals surface area contributed by atoms with Crippen LogP contribution in [-0.4, -0.2) is 45.4 Å². The molecule has 0 saturated heterocycles. The van der Waals surface area contributed by atoms with E-state index in [4.69, 9.17) is 0 Å². The molecule has 1 aliphatic carbocycles. The second-order valence-electron chi connectivity index (χ2n) is 9.49. The molecule has 1 fully saturated rings. The lowest BCUT2D eigenvalue weighted by Gasteiger charge is -2.34. The number of amidine groups is 1. The molecule has 2 aliphatic rings. The van der Waals surface area contributed by atoms with Crippen molar-refractivity contribution in [3.63, 3.8) is 0 Å². The second kappa shape index (κ2) is 9.32. The highest BCUT2D eigenvalue weighted by Gasteiger charge is 2.46. The van der Waals surface area contributed by atoms with Crippen LogP contribution < -0.4 is 10.6 Å². The van der Waals surface area contributed by atoms with Crippen LogP contribution in [0.15, 0.2) is 47.1 Å². The maximum absolute atomic E-state index is 13.2. The predicted octanol–water partition coefficient (Wildman–Crippen LogP) is 4.14. The van der Waals surface area contributed by atoms with E-state index in [0.29, 0.717) is 34.2 Å². The Bertz CT molecular complexity index is 1160. The monoisotopic (exact) mass is 487 g/mol. The lowest BCUT2D eigenvalue weighted by molar-refractivity contribution is -0.118. The fourth-order valence-electron chi connectivity index (χ4n) is 3.69. The summed E-state index contributed by atoms with van der Waals surface area (Å²) in [6.07, 6.45) is 3.21. The Morgan fingerprint density at radius 2 is 2.00 bits per heavy atom. The topological polar surface area (TPSA) is 88.4 Å². The van der Waals surface area contributed by atoms with Gasteiger partial charge < -0.3 is 15.2 Å². The Morgan fingerprint density at radius 3 is 2.68 bits per heavy atom. The Kier molecular flexibility index (Phi) is 6.62. The van der Waals surface area contributed by atoms with Gasteiger partial charge in [-0.15, -0.1) is 11.8 Å². The zero-order valence-corrected chi connectivity index (χ0v) is 20.1. The molecule has 0 atom stereocenters. The summed E-state index contributed by atoms with van der Waals surface area (Å²) in [4.78, 5) is 33.7. The number of nitrogens with zero attached hydrogens (tertiary/aromatic N) is 3. The van der Waals surface area contributed by atoms with Crippen LogP contribution in [0.1, 0.15) is 61.3 Å². The van der Waals surface area contributed by atoms with Crippen LogP contribution in [0, 0.1) is 0 Å².